The van der Waals surface area contributed by atoms with Crippen LogP contribution in [0.2, 0.25) is 0 Å². The lowest BCUT2D eigenvalue weighted by Gasteiger charge is -2.22. The molecule has 0 aromatic heterocycles. The molecule has 4 atom stereocenters. The van der Waals surface area contributed by atoms with Crippen molar-refractivity contribution >= 4 is 0 Å². The second-order valence-electron chi connectivity index (χ2n) is 7.92. The van der Waals surface area contributed by atoms with Gasteiger partial charge in [-0.05, 0) is 84.7 Å². The quantitative estimate of drug-likeness (QED) is 0.669. The third-order valence-corrected chi connectivity index (χ3v) is 6.88. The van der Waals surface area contributed by atoms with E-state index in [0.29, 0.717) is 11.8 Å². The fourth-order valence-electron chi connectivity index (χ4n) is 5.59. The summed E-state index contributed by atoms with van der Waals surface area (Å²) in [6, 6.07) is 12.9. The van der Waals surface area contributed by atoms with E-state index in [1.54, 1.807) is 28.4 Å². The predicted molar refractivity (Wildman–Crippen MR) is 110 cm³/mol. The third kappa shape index (κ3) is 3.19. The van der Waals surface area contributed by atoms with Crippen molar-refractivity contribution in [2.24, 2.45) is 11.8 Å². The van der Waals surface area contributed by atoms with Crippen LogP contribution in [-0.4, -0.2) is 28.4 Å². The number of hydrogen-bond donors (Lipinski definition) is 0. The summed E-state index contributed by atoms with van der Waals surface area (Å²) in [5, 5.41) is 0. The maximum Gasteiger partial charge on any atom is 0.160 e. The minimum absolute atomic E-state index is 0.606. The molecule has 28 heavy (non-hydrogen) atoms. The summed E-state index contributed by atoms with van der Waals surface area (Å²) in [4.78, 5) is 0. The number of ether oxygens (including phenoxy) is 4. The number of hydrogen-bond acceptors (Lipinski definition) is 4. The monoisotopic (exact) mass is 382 g/mol. The van der Waals surface area contributed by atoms with Crippen LogP contribution in [0, 0.1) is 11.8 Å². The Hall–Kier alpha value is -2.36. The molecular formula is C24H30O4. The number of rotatable bonds is 6. The van der Waals surface area contributed by atoms with E-state index in [9.17, 15) is 0 Å². The summed E-state index contributed by atoms with van der Waals surface area (Å²) >= 11 is 0. The first-order valence-corrected chi connectivity index (χ1v) is 10.1. The lowest BCUT2D eigenvalue weighted by molar-refractivity contribution is 0.351. The summed E-state index contributed by atoms with van der Waals surface area (Å²) in [5.41, 5.74) is 2.77. The minimum atomic E-state index is 0.606. The van der Waals surface area contributed by atoms with E-state index in [1.807, 2.05) is 12.1 Å². The Balaban J connectivity index is 1.57. The summed E-state index contributed by atoms with van der Waals surface area (Å²) in [6.07, 6.45) is 5.05. The van der Waals surface area contributed by atoms with Crippen LogP contribution in [0.5, 0.6) is 23.0 Å². The lowest BCUT2D eigenvalue weighted by atomic mass is 9.83. The molecule has 2 aliphatic carbocycles. The van der Waals surface area contributed by atoms with Crippen LogP contribution < -0.4 is 18.9 Å². The Morgan fingerprint density at radius 2 is 0.929 bits per heavy atom. The van der Waals surface area contributed by atoms with Crippen molar-refractivity contribution in [3.8, 4) is 23.0 Å². The Bertz CT molecular complexity index is 762. The molecule has 150 valence electrons. The number of methoxy groups -OCH3 is 4. The van der Waals surface area contributed by atoms with E-state index >= 15 is 0 Å². The van der Waals surface area contributed by atoms with Gasteiger partial charge in [-0.3, -0.25) is 0 Å². The van der Waals surface area contributed by atoms with Gasteiger partial charge in [-0.25, -0.2) is 0 Å². The van der Waals surface area contributed by atoms with Crippen LogP contribution in [0.1, 0.15) is 48.6 Å². The molecular weight excluding hydrogens is 352 g/mol. The first-order chi connectivity index (χ1) is 13.7. The van der Waals surface area contributed by atoms with Crippen molar-refractivity contribution in [2.75, 3.05) is 28.4 Å². The second-order valence-corrected chi connectivity index (χ2v) is 7.92. The first-order valence-electron chi connectivity index (χ1n) is 10.1. The zero-order valence-corrected chi connectivity index (χ0v) is 17.2. The molecule has 4 heteroatoms. The Labute approximate surface area is 167 Å². The molecule has 0 bridgehead atoms. The molecule has 2 aromatic rings. The van der Waals surface area contributed by atoms with Crippen LogP contribution in [0.25, 0.3) is 0 Å². The van der Waals surface area contributed by atoms with Gasteiger partial charge in [0, 0.05) is 0 Å². The zero-order chi connectivity index (χ0) is 19.7. The van der Waals surface area contributed by atoms with Crippen molar-refractivity contribution in [3.05, 3.63) is 47.5 Å². The maximum atomic E-state index is 5.53. The number of fused-ring (bicyclic) bond motifs is 1. The van der Waals surface area contributed by atoms with Crippen LogP contribution in [0.3, 0.4) is 0 Å². The summed E-state index contributed by atoms with van der Waals surface area (Å²) < 4.78 is 21.9. The molecule has 0 amide bonds. The van der Waals surface area contributed by atoms with E-state index in [2.05, 4.69) is 24.3 Å². The molecule has 2 aliphatic rings. The fraction of sp³-hybridized carbons (Fsp3) is 0.500. The van der Waals surface area contributed by atoms with Crippen molar-refractivity contribution in [3.63, 3.8) is 0 Å². The topological polar surface area (TPSA) is 36.9 Å². The second kappa shape index (κ2) is 7.94. The van der Waals surface area contributed by atoms with Gasteiger partial charge in [0.15, 0.2) is 23.0 Å². The molecule has 4 unspecified atom stereocenters. The number of benzene rings is 2. The molecule has 0 N–H and O–H groups in total. The summed E-state index contributed by atoms with van der Waals surface area (Å²) in [6.45, 7) is 0. The van der Waals surface area contributed by atoms with Gasteiger partial charge in [0.05, 0.1) is 28.4 Å². The van der Waals surface area contributed by atoms with Crippen molar-refractivity contribution in [1.82, 2.24) is 0 Å². The van der Waals surface area contributed by atoms with E-state index in [4.69, 9.17) is 18.9 Å². The van der Waals surface area contributed by atoms with E-state index < -0.39 is 0 Å². The molecule has 2 aromatic carbocycles. The maximum absolute atomic E-state index is 5.53. The van der Waals surface area contributed by atoms with Crippen LogP contribution in [0.4, 0.5) is 0 Å². The Morgan fingerprint density at radius 1 is 0.536 bits per heavy atom. The van der Waals surface area contributed by atoms with Gasteiger partial charge in [-0.15, -0.1) is 0 Å². The Morgan fingerprint density at radius 3 is 1.29 bits per heavy atom. The van der Waals surface area contributed by atoms with E-state index in [0.717, 1.165) is 34.8 Å². The van der Waals surface area contributed by atoms with Crippen molar-refractivity contribution < 1.29 is 18.9 Å². The molecule has 4 rings (SSSR count). The van der Waals surface area contributed by atoms with Gasteiger partial charge in [0.1, 0.15) is 0 Å². The minimum Gasteiger partial charge on any atom is -0.493 e. The smallest absolute Gasteiger partial charge is 0.160 e. The zero-order valence-electron chi connectivity index (χ0n) is 17.2. The standard InChI is InChI=1S/C24H30O4/c1-25-21-11-5-15(13-23(21)27-3)17-7-9-20-18(8-10-19(17)20)16-6-12-22(26-2)24(14-16)28-4/h5-6,11-14,17-20H,7-10H2,1-4H3. The van der Waals surface area contributed by atoms with E-state index in [1.165, 1.54) is 36.8 Å². The van der Waals surface area contributed by atoms with E-state index in [-0.39, 0.29) is 0 Å². The fourth-order valence-corrected chi connectivity index (χ4v) is 5.59. The molecule has 4 nitrogen and oxygen atoms in total. The highest BCUT2D eigenvalue weighted by molar-refractivity contribution is 5.46. The normalized spacial score (nSPS) is 26.0. The van der Waals surface area contributed by atoms with Crippen LogP contribution >= 0.6 is 0 Å². The SMILES string of the molecule is COc1ccc(C2CCC3C(c4ccc(OC)c(OC)c4)CCC23)cc1OC. The van der Waals surface area contributed by atoms with Gasteiger partial charge in [0.25, 0.3) is 0 Å². The van der Waals surface area contributed by atoms with Gasteiger partial charge < -0.3 is 18.9 Å². The average molecular weight is 383 g/mol. The Kier molecular flexibility index (Phi) is 5.38. The van der Waals surface area contributed by atoms with Crippen LogP contribution in [0.15, 0.2) is 36.4 Å². The van der Waals surface area contributed by atoms with Crippen LogP contribution in [-0.2, 0) is 0 Å². The molecule has 0 heterocycles. The predicted octanol–water partition coefficient (Wildman–Crippen LogP) is 5.41. The molecule has 0 spiro atoms. The highest BCUT2D eigenvalue weighted by atomic mass is 16.5. The molecule has 0 saturated heterocycles. The van der Waals surface area contributed by atoms with Gasteiger partial charge in [-0.2, -0.15) is 0 Å². The van der Waals surface area contributed by atoms with Gasteiger partial charge in [0.2, 0.25) is 0 Å². The highest BCUT2D eigenvalue weighted by Crippen LogP contribution is 2.58. The summed E-state index contributed by atoms with van der Waals surface area (Å²) in [5.74, 6) is 5.94. The van der Waals surface area contributed by atoms with Gasteiger partial charge in [-0.1, -0.05) is 12.1 Å². The molecule has 2 saturated carbocycles. The summed E-state index contributed by atoms with van der Waals surface area (Å²) in [7, 11) is 6.80. The molecule has 2 fully saturated rings. The highest BCUT2D eigenvalue weighted by Gasteiger charge is 2.45. The largest absolute Gasteiger partial charge is 0.493 e. The third-order valence-electron chi connectivity index (χ3n) is 6.88. The van der Waals surface area contributed by atoms with Crippen molar-refractivity contribution in [2.45, 2.75) is 37.5 Å². The first kappa shape index (κ1) is 19.0. The molecule has 0 radical (unpaired) electrons. The average Bonchev–Trinajstić information content (AvgIpc) is 3.35. The van der Waals surface area contributed by atoms with Gasteiger partial charge >= 0.3 is 0 Å². The molecule has 0 aliphatic heterocycles. The van der Waals surface area contributed by atoms with Crippen molar-refractivity contribution in [1.29, 1.82) is 0 Å². The lowest BCUT2D eigenvalue weighted by Crippen LogP contribution is -2.11.